The number of hydrogen-bond acceptors (Lipinski definition) is 8. The molecule has 0 radical (unpaired) electrons. The van der Waals surface area contributed by atoms with E-state index >= 15 is 0 Å². The van der Waals surface area contributed by atoms with E-state index in [0.29, 0.717) is 16.9 Å². The summed E-state index contributed by atoms with van der Waals surface area (Å²) in [4.78, 5) is 42.3. The summed E-state index contributed by atoms with van der Waals surface area (Å²) in [6.07, 6.45) is 8.50. The van der Waals surface area contributed by atoms with Crippen LogP contribution in [-0.2, 0) is 16.1 Å². The van der Waals surface area contributed by atoms with Gasteiger partial charge in [-0.05, 0) is 57.9 Å². The van der Waals surface area contributed by atoms with Crippen molar-refractivity contribution in [3.05, 3.63) is 54.5 Å². The van der Waals surface area contributed by atoms with Crippen LogP contribution in [0.25, 0.3) is 33.2 Å². The van der Waals surface area contributed by atoms with Crippen LogP contribution in [0.15, 0.2) is 43.1 Å². The van der Waals surface area contributed by atoms with Crippen molar-refractivity contribution >= 4 is 22.7 Å². The van der Waals surface area contributed by atoms with E-state index in [1.807, 2.05) is 39.8 Å². The lowest BCUT2D eigenvalue weighted by atomic mass is 9.94. The van der Waals surface area contributed by atoms with Gasteiger partial charge in [0.1, 0.15) is 18.0 Å². The molecule has 3 aromatic heterocycles. The second kappa shape index (κ2) is 9.25. The van der Waals surface area contributed by atoms with E-state index in [0.717, 1.165) is 27.6 Å². The highest BCUT2D eigenvalue weighted by Crippen LogP contribution is 2.37. The molecule has 0 saturated carbocycles. The molecule has 0 aliphatic rings. The Morgan fingerprint density at radius 2 is 1.51 bits per heavy atom. The number of fused-ring (bicyclic) bond motifs is 1. The van der Waals surface area contributed by atoms with Gasteiger partial charge in [-0.25, -0.2) is 19.9 Å². The number of methoxy groups -OCH3 is 1. The SMILES string of the molecule is COc1ncc(-c2cc3c(cc2-c2cnc(C)nc2)c(C(C)=O)cn3CC(=O)OC(C)(C)C)cn1. The Morgan fingerprint density at radius 1 is 0.943 bits per heavy atom. The average Bonchev–Trinajstić information content (AvgIpc) is 3.15. The Bertz CT molecular complexity index is 1400. The van der Waals surface area contributed by atoms with Crippen molar-refractivity contribution in [2.75, 3.05) is 7.11 Å². The van der Waals surface area contributed by atoms with E-state index in [1.165, 1.54) is 14.0 Å². The number of esters is 1. The molecule has 0 amide bonds. The molecule has 180 valence electrons. The Morgan fingerprint density at radius 3 is 2.06 bits per heavy atom. The molecule has 3 heterocycles. The van der Waals surface area contributed by atoms with Gasteiger partial charge in [0.05, 0.1) is 7.11 Å². The second-order valence-corrected chi connectivity index (χ2v) is 9.21. The lowest BCUT2D eigenvalue weighted by Crippen LogP contribution is -2.26. The number of aromatic nitrogens is 5. The fraction of sp³-hybridized carbons (Fsp3) is 0.308. The van der Waals surface area contributed by atoms with Crippen molar-refractivity contribution in [2.45, 2.75) is 46.8 Å². The zero-order valence-electron chi connectivity index (χ0n) is 20.6. The molecular weight excluding hydrogens is 446 g/mol. The maximum atomic E-state index is 12.6. The summed E-state index contributed by atoms with van der Waals surface area (Å²) >= 11 is 0. The number of Topliss-reactive ketones (excluding diaryl/α,β-unsaturated/α-hetero) is 1. The van der Waals surface area contributed by atoms with Crippen LogP contribution < -0.4 is 4.74 Å². The van der Waals surface area contributed by atoms with Crippen molar-refractivity contribution in [2.24, 2.45) is 0 Å². The maximum absolute atomic E-state index is 12.6. The molecule has 0 spiro atoms. The molecule has 0 saturated heterocycles. The first-order valence-corrected chi connectivity index (χ1v) is 11.1. The molecule has 4 aromatic rings. The monoisotopic (exact) mass is 473 g/mol. The number of ether oxygens (including phenoxy) is 2. The Labute approximate surface area is 203 Å². The van der Waals surface area contributed by atoms with Crippen molar-refractivity contribution in [1.82, 2.24) is 24.5 Å². The van der Waals surface area contributed by atoms with Gasteiger partial charge >= 0.3 is 12.0 Å². The first-order chi connectivity index (χ1) is 16.6. The van der Waals surface area contributed by atoms with Gasteiger partial charge < -0.3 is 14.0 Å². The van der Waals surface area contributed by atoms with Gasteiger partial charge in [0.25, 0.3) is 0 Å². The number of nitrogens with zero attached hydrogens (tertiary/aromatic N) is 5. The third-order valence-electron chi connectivity index (χ3n) is 5.33. The molecule has 0 atom stereocenters. The molecule has 0 unspecified atom stereocenters. The molecule has 0 aliphatic heterocycles. The fourth-order valence-corrected chi connectivity index (χ4v) is 3.83. The molecule has 35 heavy (non-hydrogen) atoms. The van der Waals surface area contributed by atoms with Crippen LogP contribution in [0.1, 0.15) is 43.9 Å². The molecule has 0 N–H and O–H groups in total. The van der Waals surface area contributed by atoms with Crippen molar-refractivity contribution in [3.8, 4) is 28.3 Å². The highest BCUT2D eigenvalue weighted by Gasteiger charge is 2.21. The standard InChI is InChI=1S/C26H27N5O4/c1-15(32)22-13-31(14-24(33)35-26(3,4)5)23-8-20(18-11-29-25(34-6)30-12-18)19(7-21(22)23)17-9-27-16(2)28-10-17/h7-13H,14H2,1-6H3. The molecule has 1 aromatic carbocycles. The van der Waals surface area contributed by atoms with E-state index in [1.54, 1.807) is 35.6 Å². The minimum atomic E-state index is -0.617. The largest absolute Gasteiger partial charge is 0.467 e. The number of hydrogen-bond donors (Lipinski definition) is 0. The summed E-state index contributed by atoms with van der Waals surface area (Å²) < 4.78 is 12.3. The Balaban J connectivity index is 1.95. The summed E-state index contributed by atoms with van der Waals surface area (Å²) in [5.74, 6) is 0.150. The molecule has 0 aliphatic carbocycles. The van der Waals surface area contributed by atoms with E-state index in [2.05, 4.69) is 19.9 Å². The van der Waals surface area contributed by atoms with E-state index < -0.39 is 11.6 Å². The lowest BCUT2D eigenvalue weighted by Gasteiger charge is -2.20. The Kier molecular flexibility index (Phi) is 6.34. The summed E-state index contributed by atoms with van der Waals surface area (Å²) in [5.41, 5.74) is 3.72. The third-order valence-corrected chi connectivity index (χ3v) is 5.33. The number of aryl methyl sites for hydroxylation is 1. The van der Waals surface area contributed by atoms with E-state index in [4.69, 9.17) is 9.47 Å². The van der Waals surface area contributed by atoms with Crippen LogP contribution in [0, 0.1) is 6.92 Å². The van der Waals surface area contributed by atoms with Crippen molar-refractivity contribution in [1.29, 1.82) is 0 Å². The topological polar surface area (TPSA) is 109 Å². The van der Waals surface area contributed by atoms with Crippen LogP contribution >= 0.6 is 0 Å². The van der Waals surface area contributed by atoms with Gasteiger partial charge in [-0.1, -0.05) is 0 Å². The zero-order chi connectivity index (χ0) is 25.3. The second-order valence-electron chi connectivity index (χ2n) is 9.21. The Hall–Kier alpha value is -4.14. The number of carbonyl (C=O) groups is 2. The van der Waals surface area contributed by atoms with Crippen molar-refractivity contribution < 1.29 is 19.1 Å². The predicted molar refractivity (Wildman–Crippen MR) is 131 cm³/mol. The van der Waals surface area contributed by atoms with Gasteiger partial charge in [-0.3, -0.25) is 9.59 Å². The van der Waals surface area contributed by atoms with E-state index in [9.17, 15) is 9.59 Å². The molecular formula is C26H27N5O4. The van der Waals surface area contributed by atoms with Crippen LogP contribution in [-0.4, -0.2) is 49.0 Å². The summed E-state index contributed by atoms with van der Waals surface area (Å²) in [5, 5.41) is 0.717. The minimum Gasteiger partial charge on any atom is -0.467 e. The van der Waals surface area contributed by atoms with Gasteiger partial charge in [0.15, 0.2) is 5.78 Å². The van der Waals surface area contributed by atoms with Crippen molar-refractivity contribution in [3.63, 3.8) is 0 Å². The summed E-state index contributed by atoms with van der Waals surface area (Å²) in [7, 11) is 1.50. The van der Waals surface area contributed by atoms with Gasteiger partial charge in [-0.15, -0.1) is 0 Å². The first-order valence-electron chi connectivity index (χ1n) is 11.1. The third kappa shape index (κ3) is 5.18. The number of carbonyl (C=O) groups excluding carboxylic acids is 2. The lowest BCUT2D eigenvalue weighted by molar-refractivity contribution is -0.155. The molecule has 0 fully saturated rings. The van der Waals surface area contributed by atoms with Crippen LogP contribution in [0.3, 0.4) is 0 Å². The maximum Gasteiger partial charge on any atom is 0.326 e. The summed E-state index contributed by atoms with van der Waals surface area (Å²) in [6.45, 7) is 8.74. The summed E-state index contributed by atoms with van der Waals surface area (Å²) in [6, 6.07) is 4.10. The quantitative estimate of drug-likeness (QED) is 0.299. The zero-order valence-corrected chi connectivity index (χ0v) is 20.6. The number of ketones is 1. The minimum absolute atomic E-state index is 0.0351. The normalized spacial score (nSPS) is 11.5. The van der Waals surface area contributed by atoms with Crippen LogP contribution in [0.4, 0.5) is 0 Å². The van der Waals surface area contributed by atoms with Crippen LogP contribution in [0.2, 0.25) is 0 Å². The van der Waals surface area contributed by atoms with Crippen LogP contribution in [0.5, 0.6) is 6.01 Å². The highest BCUT2D eigenvalue weighted by molar-refractivity contribution is 6.09. The highest BCUT2D eigenvalue weighted by atomic mass is 16.6. The fourth-order valence-electron chi connectivity index (χ4n) is 3.83. The molecule has 9 nitrogen and oxygen atoms in total. The van der Waals surface area contributed by atoms with Gasteiger partial charge in [-0.2, -0.15) is 0 Å². The van der Waals surface area contributed by atoms with Gasteiger partial charge in [0, 0.05) is 58.6 Å². The molecule has 9 heteroatoms. The first kappa shape index (κ1) is 24.0. The predicted octanol–water partition coefficient (Wildman–Crippen LogP) is 4.42. The number of rotatable bonds is 6. The van der Waals surface area contributed by atoms with E-state index in [-0.39, 0.29) is 18.3 Å². The molecule has 4 rings (SSSR count). The smallest absolute Gasteiger partial charge is 0.326 e. The number of benzene rings is 1. The average molecular weight is 474 g/mol. The van der Waals surface area contributed by atoms with Gasteiger partial charge in [0.2, 0.25) is 0 Å². The molecule has 0 bridgehead atoms.